The second kappa shape index (κ2) is 21.6. The lowest BCUT2D eigenvalue weighted by molar-refractivity contribution is -0.164. The van der Waals surface area contributed by atoms with Gasteiger partial charge in [0.25, 0.3) is 5.91 Å². The first-order chi connectivity index (χ1) is 31.7. The Morgan fingerprint density at radius 3 is 2.37 bits per heavy atom. The second-order valence-corrected chi connectivity index (χ2v) is 21.0. The Morgan fingerprint density at radius 1 is 1.01 bits per heavy atom. The van der Waals surface area contributed by atoms with Gasteiger partial charge in [-0.2, -0.15) is 5.26 Å². The molecule has 1 saturated carbocycles. The topological polar surface area (TPSA) is 208 Å². The summed E-state index contributed by atoms with van der Waals surface area (Å²) in [4.78, 5) is 65.0. The van der Waals surface area contributed by atoms with Crippen molar-refractivity contribution < 1.29 is 33.8 Å². The second-order valence-electron chi connectivity index (χ2n) is 19.7. The maximum absolute atomic E-state index is 14.0. The Balaban J connectivity index is 0.878. The Morgan fingerprint density at radius 2 is 1.75 bits per heavy atom. The maximum atomic E-state index is 14.0. The fourth-order valence-electron chi connectivity index (χ4n) is 9.31. The van der Waals surface area contributed by atoms with Crippen molar-refractivity contribution in [2.75, 3.05) is 31.6 Å². The number of rotatable bonds is 19. The minimum Gasteiger partial charge on any atom is -0.489 e. The molecule has 0 radical (unpaired) electrons. The quantitative estimate of drug-likeness (QED) is 0.0602. The number of carbonyl (C=O) groups excluding carboxylic acids is 4. The van der Waals surface area contributed by atoms with Crippen LogP contribution < -0.4 is 26.0 Å². The fraction of sp³-hybridized carbons (Fsp3) is 0.500. The first-order valence-electron chi connectivity index (χ1n) is 22.7. The lowest BCUT2D eigenvalue weighted by Gasteiger charge is -2.63. The summed E-state index contributed by atoms with van der Waals surface area (Å²) < 4.78 is 12.0. The van der Waals surface area contributed by atoms with E-state index in [0.717, 1.165) is 41.1 Å². The molecule has 6 rings (SSSR count). The zero-order chi connectivity index (χ0) is 48.7. The Bertz CT molecular complexity index is 2410. The molecule has 5 N–H and O–H groups in total. The molecule has 2 aliphatic rings. The van der Waals surface area contributed by atoms with Crippen LogP contribution in [0.2, 0.25) is 5.02 Å². The predicted molar refractivity (Wildman–Crippen MR) is 258 cm³/mol. The van der Waals surface area contributed by atoms with Gasteiger partial charge in [0, 0.05) is 72.1 Å². The number of aliphatic hydroxyl groups excluding tert-OH is 1. The molecule has 2 fully saturated rings. The average molecular weight is 956 g/mol. The number of benzene rings is 2. The van der Waals surface area contributed by atoms with Crippen LogP contribution >= 0.6 is 22.9 Å². The van der Waals surface area contributed by atoms with Gasteiger partial charge in [-0.15, -0.1) is 11.3 Å². The molecule has 0 unspecified atom stereocenters. The molecule has 3 atom stereocenters. The summed E-state index contributed by atoms with van der Waals surface area (Å²) in [5, 5.41) is 32.4. The minimum atomic E-state index is -0.958. The predicted octanol–water partition coefficient (Wildman–Crippen LogP) is 7.06. The van der Waals surface area contributed by atoms with Crippen molar-refractivity contribution in [1.29, 1.82) is 5.26 Å². The zero-order valence-electron chi connectivity index (χ0n) is 39.6. The molecule has 4 aromatic rings. The van der Waals surface area contributed by atoms with Gasteiger partial charge >= 0.3 is 0 Å². The normalized spacial score (nSPS) is 19.9. The van der Waals surface area contributed by atoms with E-state index in [1.54, 1.807) is 42.0 Å². The number of aryl methyl sites for hydroxylation is 1. The van der Waals surface area contributed by atoms with Gasteiger partial charge in [-0.25, -0.2) is 4.98 Å². The van der Waals surface area contributed by atoms with Crippen LogP contribution in [-0.4, -0.2) is 100 Å². The summed E-state index contributed by atoms with van der Waals surface area (Å²) in [6, 6.07) is 16.2. The summed E-state index contributed by atoms with van der Waals surface area (Å²) in [5.74, 6) is -0.880. The van der Waals surface area contributed by atoms with Crippen molar-refractivity contribution in [1.82, 2.24) is 30.8 Å². The Hall–Kier alpha value is -5.60. The number of aromatic nitrogens is 2. The number of unbranched alkanes of at least 4 members (excludes halogenated alkanes) is 2. The van der Waals surface area contributed by atoms with E-state index in [-0.39, 0.29) is 55.0 Å². The van der Waals surface area contributed by atoms with Crippen LogP contribution in [0.25, 0.3) is 10.4 Å². The van der Waals surface area contributed by atoms with E-state index in [0.29, 0.717) is 40.7 Å². The number of nitrogens with one attached hydrogen (secondary N) is 4. The van der Waals surface area contributed by atoms with Crippen LogP contribution in [-0.2, 0) is 25.7 Å². The van der Waals surface area contributed by atoms with Crippen LogP contribution in [0.1, 0.15) is 101 Å². The highest BCUT2D eigenvalue weighted by Gasteiger charge is 2.64. The number of carbonyl (C=O) groups is 4. The van der Waals surface area contributed by atoms with Crippen LogP contribution in [0.15, 0.2) is 66.3 Å². The molecule has 0 bridgehead atoms. The van der Waals surface area contributed by atoms with Gasteiger partial charge in [0.1, 0.15) is 36.6 Å². The van der Waals surface area contributed by atoms with Gasteiger partial charge in [-0.3, -0.25) is 24.2 Å². The Labute approximate surface area is 402 Å². The number of pyridine rings is 1. The first kappa shape index (κ1) is 50.8. The van der Waals surface area contributed by atoms with Gasteiger partial charge in [0.05, 0.1) is 45.0 Å². The van der Waals surface area contributed by atoms with Crippen molar-refractivity contribution >= 4 is 52.3 Å². The minimum absolute atomic E-state index is 0.0235. The number of thiazole rings is 1. The van der Waals surface area contributed by atoms with E-state index < -0.39 is 41.3 Å². The molecule has 0 spiro atoms. The molecule has 67 heavy (non-hydrogen) atoms. The van der Waals surface area contributed by atoms with Gasteiger partial charge in [-0.1, -0.05) is 66.1 Å². The molecule has 1 aliphatic heterocycles. The van der Waals surface area contributed by atoms with Gasteiger partial charge in [-0.05, 0) is 74.1 Å². The molecule has 2 aromatic heterocycles. The van der Waals surface area contributed by atoms with E-state index >= 15 is 0 Å². The molecule has 17 heteroatoms. The summed E-state index contributed by atoms with van der Waals surface area (Å²) in [7, 11) is 0. The van der Waals surface area contributed by atoms with Crippen LogP contribution in [0.5, 0.6) is 5.75 Å². The van der Waals surface area contributed by atoms with E-state index in [2.05, 4.69) is 65.0 Å². The highest BCUT2D eigenvalue weighted by molar-refractivity contribution is 7.13. The molecule has 2 aromatic carbocycles. The number of hydrogen-bond acceptors (Lipinski definition) is 12. The lowest BCUT2D eigenvalue weighted by atomic mass is 9.49. The maximum Gasteiger partial charge on any atom is 0.251 e. The molecule has 4 amide bonds. The summed E-state index contributed by atoms with van der Waals surface area (Å²) in [5.41, 5.74) is 4.67. The monoisotopic (exact) mass is 954 g/mol. The highest BCUT2D eigenvalue weighted by Crippen LogP contribution is 2.55. The molecule has 358 valence electrons. The number of halogens is 1. The molecule has 3 heterocycles. The van der Waals surface area contributed by atoms with Crippen molar-refractivity contribution in [2.45, 2.75) is 118 Å². The van der Waals surface area contributed by atoms with Crippen LogP contribution in [0.3, 0.4) is 0 Å². The van der Waals surface area contributed by atoms with Crippen molar-refractivity contribution in [3.63, 3.8) is 0 Å². The average Bonchev–Trinajstić information content (AvgIpc) is 3.91. The van der Waals surface area contributed by atoms with Gasteiger partial charge in [0.15, 0.2) is 0 Å². The molecular formula is C50H63ClN8O7S. The van der Waals surface area contributed by atoms with Gasteiger partial charge < -0.3 is 40.7 Å². The number of hydrogen-bond donors (Lipinski definition) is 5. The van der Waals surface area contributed by atoms with E-state index in [1.807, 2.05) is 52.0 Å². The van der Waals surface area contributed by atoms with Crippen molar-refractivity contribution in [3.05, 3.63) is 93.8 Å². The Kier molecular flexibility index (Phi) is 16.4. The summed E-state index contributed by atoms with van der Waals surface area (Å²) in [6.07, 6.45) is 3.17. The largest absolute Gasteiger partial charge is 0.489 e. The van der Waals surface area contributed by atoms with E-state index in [4.69, 9.17) is 21.1 Å². The first-order valence-corrected chi connectivity index (χ1v) is 24.0. The zero-order valence-corrected chi connectivity index (χ0v) is 41.1. The fourth-order valence-corrected chi connectivity index (χ4v) is 10.3. The van der Waals surface area contributed by atoms with Crippen molar-refractivity contribution in [3.8, 4) is 22.3 Å². The third-order valence-corrected chi connectivity index (χ3v) is 14.0. The number of β-amino-alcohol motifs (C(OH)–C–C–N with tert-alkyl or cyclic N) is 1. The summed E-state index contributed by atoms with van der Waals surface area (Å²) in [6.45, 7) is 16.7. The van der Waals surface area contributed by atoms with E-state index in [1.165, 1.54) is 16.2 Å². The number of nitrogens with zero attached hydrogens (tertiary/aromatic N) is 4. The van der Waals surface area contributed by atoms with Crippen LogP contribution in [0, 0.1) is 34.5 Å². The molecule has 1 aliphatic carbocycles. The van der Waals surface area contributed by atoms with Crippen molar-refractivity contribution in [2.24, 2.45) is 16.2 Å². The standard InChI is InChI=1S/C50H63ClN8O7S/c1-30-41(67-29-56-30)33-14-18-35(54-25-33)26-55-44(63)39-22-36(60)27-59(39)45(64)42(48(2,3)4)57-40(61)28-65-21-11-9-10-20-53-34-16-12-31(13-17-34)43(62)58-46-49(5,6)47(50(46,7)8)66-37-19-15-32(24-52)38(51)23-37/h12-19,23,25,29,36,39,42,46-47,53,60H,9-11,20-22,26-28H2,1-8H3,(H,55,63)(H,57,61)(H,58,62)/t36-,39+,42-,46?,47?/m1/s1. The number of nitriles is 1. The number of amides is 4. The third kappa shape index (κ3) is 12.3. The van der Waals surface area contributed by atoms with Crippen LogP contribution in [0.4, 0.5) is 5.69 Å². The highest BCUT2D eigenvalue weighted by atomic mass is 35.5. The lowest BCUT2D eigenvalue weighted by Crippen LogP contribution is -2.74. The van der Waals surface area contributed by atoms with Gasteiger partial charge in [0.2, 0.25) is 17.7 Å². The molecule has 1 saturated heterocycles. The third-order valence-electron chi connectivity index (χ3n) is 12.7. The number of anilines is 1. The SMILES string of the molecule is Cc1ncsc1-c1ccc(CNC(=O)[C@@H]2C[C@@H](O)CN2C(=O)[C@@H](NC(=O)COCCCCCNc2ccc(C(=O)NC3C(C)(C)C(Oc4ccc(C#N)c(Cl)c4)C3(C)C)cc2)C(C)(C)C)nc1. The number of ether oxygens (including phenoxy) is 2. The van der Waals surface area contributed by atoms with E-state index in [9.17, 15) is 29.5 Å². The number of likely N-dealkylation sites (tertiary alicyclic amines) is 1. The molecule has 15 nitrogen and oxygen atoms in total. The smallest absolute Gasteiger partial charge is 0.251 e. The number of aliphatic hydroxyl groups is 1. The summed E-state index contributed by atoms with van der Waals surface area (Å²) >= 11 is 7.77. The molecular weight excluding hydrogens is 892 g/mol.